The molecule has 2 N–H and O–H groups in total. The molecular formula is C20H32IN5O. The van der Waals surface area contributed by atoms with E-state index < -0.39 is 0 Å². The zero-order valence-electron chi connectivity index (χ0n) is 17.0. The van der Waals surface area contributed by atoms with Gasteiger partial charge in [0.1, 0.15) is 11.6 Å². The third-order valence-corrected chi connectivity index (χ3v) is 3.97. The molecule has 0 unspecified atom stereocenters. The van der Waals surface area contributed by atoms with Crippen LogP contribution in [0.3, 0.4) is 0 Å². The van der Waals surface area contributed by atoms with Gasteiger partial charge in [0.25, 0.3) is 0 Å². The second-order valence-corrected chi connectivity index (χ2v) is 6.75. The maximum absolute atomic E-state index is 5.47. The van der Waals surface area contributed by atoms with E-state index in [-0.39, 0.29) is 24.0 Å². The van der Waals surface area contributed by atoms with Crippen molar-refractivity contribution in [2.45, 2.75) is 47.3 Å². The first-order valence-corrected chi connectivity index (χ1v) is 9.19. The molecule has 0 atom stereocenters. The summed E-state index contributed by atoms with van der Waals surface area (Å²) in [5, 5.41) is 6.66. The number of nitrogens with zero attached hydrogens (tertiary/aromatic N) is 3. The number of halogens is 1. The zero-order chi connectivity index (χ0) is 18.9. The van der Waals surface area contributed by atoms with E-state index in [4.69, 9.17) is 4.74 Å². The number of rotatable bonds is 8. The van der Waals surface area contributed by atoms with Crippen LogP contribution in [0.5, 0.6) is 5.75 Å². The highest BCUT2D eigenvalue weighted by Gasteiger charge is 2.07. The summed E-state index contributed by atoms with van der Waals surface area (Å²) < 4.78 is 7.65. The van der Waals surface area contributed by atoms with Crippen molar-refractivity contribution in [3.05, 3.63) is 47.5 Å². The molecule has 1 aromatic carbocycles. The lowest BCUT2D eigenvalue weighted by molar-refractivity contribution is 0.409. The Morgan fingerprint density at radius 3 is 2.74 bits per heavy atom. The Balaban J connectivity index is 0.00000364. The maximum atomic E-state index is 5.47. The first-order valence-electron chi connectivity index (χ1n) is 9.19. The lowest BCUT2D eigenvalue weighted by Gasteiger charge is -2.14. The van der Waals surface area contributed by atoms with E-state index in [1.807, 2.05) is 18.5 Å². The van der Waals surface area contributed by atoms with E-state index in [0.717, 1.165) is 36.2 Å². The third kappa shape index (κ3) is 7.40. The van der Waals surface area contributed by atoms with Gasteiger partial charge in [-0.05, 0) is 31.4 Å². The molecule has 0 aliphatic rings. The molecule has 0 aliphatic carbocycles. The van der Waals surface area contributed by atoms with E-state index in [1.165, 1.54) is 5.56 Å². The molecule has 2 aromatic rings. The lowest BCUT2D eigenvalue weighted by atomic mass is 10.1. The highest BCUT2D eigenvalue weighted by molar-refractivity contribution is 14.0. The molecule has 0 fully saturated rings. The third-order valence-electron chi connectivity index (χ3n) is 3.97. The Morgan fingerprint density at radius 1 is 1.30 bits per heavy atom. The second kappa shape index (κ2) is 11.8. The summed E-state index contributed by atoms with van der Waals surface area (Å²) in [7, 11) is 1.69. The number of aliphatic imine (C=N–C) groups is 1. The molecular weight excluding hydrogens is 453 g/mol. The van der Waals surface area contributed by atoms with Gasteiger partial charge in [-0.1, -0.05) is 26.0 Å². The molecule has 150 valence electrons. The van der Waals surface area contributed by atoms with Crippen LogP contribution in [0.4, 0.5) is 0 Å². The minimum absolute atomic E-state index is 0. The van der Waals surface area contributed by atoms with E-state index >= 15 is 0 Å². The number of imidazole rings is 1. The first kappa shape index (κ1) is 23.3. The van der Waals surface area contributed by atoms with Gasteiger partial charge in [-0.25, -0.2) is 9.98 Å². The number of aromatic nitrogens is 2. The molecule has 0 saturated carbocycles. The number of nitrogens with one attached hydrogen (secondary N) is 2. The van der Waals surface area contributed by atoms with E-state index in [1.54, 1.807) is 7.11 Å². The normalized spacial score (nSPS) is 11.3. The van der Waals surface area contributed by atoms with Gasteiger partial charge >= 0.3 is 0 Å². The molecule has 2 rings (SSSR count). The van der Waals surface area contributed by atoms with Crippen LogP contribution in [-0.4, -0.2) is 29.2 Å². The predicted molar refractivity (Wildman–Crippen MR) is 122 cm³/mol. The smallest absolute Gasteiger partial charge is 0.191 e. The Hall–Kier alpha value is -1.77. The number of guanidine groups is 1. The Morgan fingerprint density at radius 2 is 2.07 bits per heavy atom. The summed E-state index contributed by atoms with van der Waals surface area (Å²) in [6.45, 7) is 11.5. The molecule has 1 heterocycles. The Kier molecular flexibility index (Phi) is 10.2. The minimum Gasteiger partial charge on any atom is -0.496 e. The van der Waals surface area contributed by atoms with Crippen molar-refractivity contribution in [3.8, 4) is 5.75 Å². The van der Waals surface area contributed by atoms with E-state index in [9.17, 15) is 0 Å². The summed E-state index contributed by atoms with van der Waals surface area (Å²) in [6, 6.07) is 6.18. The van der Waals surface area contributed by atoms with E-state index in [2.05, 4.69) is 65.0 Å². The molecule has 0 spiro atoms. The van der Waals surface area contributed by atoms with Crippen LogP contribution in [0.1, 0.15) is 37.7 Å². The average molecular weight is 485 g/mol. The number of hydrogen-bond donors (Lipinski definition) is 2. The molecule has 0 saturated heterocycles. The van der Waals surface area contributed by atoms with Gasteiger partial charge in [-0.2, -0.15) is 0 Å². The number of hydrogen-bond acceptors (Lipinski definition) is 3. The van der Waals surface area contributed by atoms with Gasteiger partial charge in [0, 0.05) is 31.0 Å². The van der Waals surface area contributed by atoms with Crippen molar-refractivity contribution in [3.63, 3.8) is 0 Å². The van der Waals surface area contributed by atoms with Crippen LogP contribution in [0.15, 0.2) is 35.6 Å². The molecule has 1 aromatic heterocycles. The van der Waals surface area contributed by atoms with E-state index in [0.29, 0.717) is 19.0 Å². The van der Waals surface area contributed by atoms with Crippen molar-refractivity contribution in [2.24, 2.45) is 10.9 Å². The summed E-state index contributed by atoms with van der Waals surface area (Å²) >= 11 is 0. The lowest BCUT2D eigenvalue weighted by Crippen LogP contribution is -2.37. The molecule has 0 bridgehead atoms. The fraction of sp³-hybridized carbons (Fsp3) is 0.500. The minimum atomic E-state index is 0. The molecule has 7 heteroatoms. The van der Waals surface area contributed by atoms with Crippen molar-refractivity contribution >= 4 is 29.9 Å². The Bertz CT molecular complexity index is 727. The van der Waals surface area contributed by atoms with Gasteiger partial charge in [0.05, 0.1) is 20.2 Å². The van der Waals surface area contributed by atoms with Crippen molar-refractivity contribution in [1.82, 2.24) is 20.2 Å². The second-order valence-electron chi connectivity index (χ2n) is 6.75. The fourth-order valence-corrected chi connectivity index (χ4v) is 2.72. The SMILES string of the molecule is CCNC(=NCc1ccc(C)cc1OC)NCc1nccn1CC(C)C.I. The van der Waals surface area contributed by atoms with Crippen LogP contribution in [-0.2, 0) is 19.6 Å². The van der Waals surface area contributed by atoms with Crippen molar-refractivity contribution in [2.75, 3.05) is 13.7 Å². The number of aryl methyl sites for hydroxylation is 1. The number of benzene rings is 1. The largest absolute Gasteiger partial charge is 0.496 e. The highest BCUT2D eigenvalue weighted by Crippen LogP contribution is 2.20. The van der Waals surface area contributed by atoms with Crippen LogP contribution in [0, 0.1) is 12.8 Å². The van der Waals surface area contributed by atoms with Crippen LogP contribution in [0.25, 0.3) is 0 Å². The quantitative estimate of drug-likeness (QED) is 0.340. The molecule has 0 amide bonds. The zero-order valence-corrected chi connectivity index (χ0v) is 19.3. The number of ether oxygens (including phenoxy) is 1. The summed E-state index contributed by atoms with van der Waals surface area (Å²) in [4.78, 5) is 9.14. The van der Waals surface area contributed by atoms with Gasteiger partial charge in [0.15, 0.2) is 5.96 Å². The summed E-state index contributed by atoms with van der Waals surface area (Å²) in [6.07, 6.45) is 3.87. The van der Waals surface area contributed by atoms with Crippen molar-refractivity contribution < 1.29 is 4.74 Å². The fourth-order valence-electron chi connectivity index (χ4n) is 2.72. The van der Waals surface area contributed by atoms with Crippen molar-refractivity contribution in [1.29, 1.82) is 0 Å². The topological polar surface area (TPSA) is 63.5 Å². The standard InChI is InChI=1S/C20H31N5O.HI/c1-6-21-20(23-12-17-8-7-16(4)11-18(17)26-5)24-13-19-22-9-10-25(19)14-15(2)3;/h7-11,15H,6,12-14H2,1-5H3,(H2,21,23,24);1H. The van der Waals surface area contributed by atoms with Gasteiger partial charge in [-0.3, -0.25) is 0 Å². The molecule has 6 nitrogen and oxygen atoms in total. The van der Waals surface area contributed by atoms with Gasteiger partial charge < -0.3 is 19.9 Å². The van der Waals surface area contributed by atoms with Crippen LogP contribution >= 0.6 is 24.0 Å². The van der Waals surface area contributed by atoms with Gasteiger partial charge in [-0.15, -0.1) is 24.0 Å². The Labute approximate surface area is 179 Å². The first-order chi connectivity index (χ1) is 12.5. The average Bonchev–Trinajstić information content (AvgIpc) is 3.04. The molecule has 0 aliphatic heterocycles. The molecule has 27 heavy (non-hydrogen) atoms. The number of methoxy groups -OCH3 is 1. The molecule has 0 radical (unpaired) electrons. The highest BCUT2D eigenvalue weighted by atomic mass is 127. The monoisotopic (exact) mass is 485 g/mol. The maximum Gasteiger partial charge on any atom is 0.191 e. The predicted octanol–water partition coefficient (Wildman–Crippen LogP) is 3.73. The summed E-state index contributed by atoms with van der Waals surface area (Å²) in [5.41, 5.74) is 2.24. The summed E-state index contributed by atoms with van der Waals surface area (Å²) in [5.74, 6) is 3.24. The van der Waals surface area contributed by atoms with Crippen LogP contribution in [0.2, 0.25) is 0 Å². The van der Waals surface area contributed by atoms with Gasteiger partial charge in [0.2, 0.25) is 0 Å². The van der Waals surface area contributed by atoms with Crippen LogP contribution < -0.4 is 15.4 Å².